The van der Waals surface area contributed by atoms with Gasteiger partial charge in [-0.25, -0.2) is 0 Å². The van der Waals surface area contributed by atoms with E-state index in [0.717, 1.165) is 0 Å². The zero-order valence-electron chi connectivity index (χ0n) is 15.6. The molecule has 0 bridgehead atoms. The van der Waals surface area contributed by atoms with Crippen molar-refractivity contribution in [2.24, 2.45) is 0 Å². The molecule has 140 valence electrons. The molecule has 0 nitrogen and oxygen atoms in total. The van der Waals surface area contributed by atoms with Crippen molar-refractivity contribution < 1.29 is 0 Å². The van der Waals surface area contributed by atoms with Crippen LogP contribution in [0.15, 0.2) is 70.5 Å². The second-order valence-corrected chi connectivity index (χ2v) is 16.3. The van der Waals surface area contributed by atoms with Gasteiger partial charge < -0.3 is 0 Å². The van der Waals surface area contributed by atoms with Gasteiger partial charge in [0.2, 0.25) is 0 Å². The third-order valence-electron chi connectivity index (χ3n) is 6.14. The molecule has 0 fully saturated rings. The molecule has 0 saturated carbocycles. The van der Waals surface area contributed by atoms with Crippen LogP contribution < -0.4 is 0 Å². The predicted octanol–water partition coefficient (Wildman–Crippen LogP) is 5.99. The van der Waals surface area contributed by atoms with E-state index in [-0.39, 0.29) is 0 Å². The summed E-state index contributed by atoms with van der Waals surface area (Å²) in [6, 6.07) is 24.4. The van der Waals surface area contributed by atoms with Crippen molar-refractivity contribution >= 4 is 127 Å². The third kappa shape index (κ3) is 2.35. The van der Waals surface area contributed by atoms with E-state index < -0.39 is 0 Å². The summed E-state index contributed by atoms with van der Waals surface area (Å²) in [5.74, 6) is 0. The van der Waals surface area contributed by atoms with Crippen molar-refractivity contribution in [2.45, 2.75) is 0 Å². The van der Waals surface area contributed by atoms with Crippen molar-refractivity contribution in [3.05, 3.63) is 70.5 Å². The van der Waals surface area contributed by atoms with Crippen LogP contribution in [0.1, 0.15) is 0 Å². The number of benzene rings is 4. The van der Waals surface area contributed by atoms with E-state index >= 15 is 0 Å². The van der Waals surface area contributed by atoms with Gasteiger partial charge in [0.25, 0.3) is 0 Å². The van der Waals surface area contributed by atoms with Gasteiger partial charge in [-0.1, -0.05) is 0 Å². The molecule has 4 aromatic carbocycles. The van der Waals surface area contributed by atoms with Gasteiger partial charge in [0.15, 0.2) is 0 Å². The van der Waals surface area contributed by atoms with E-state index in [1.165, 1.54) is 32.3 Å². The van der Waals surface area contributed by atoms with Gasteiger partial charge in [0.05, 0.1) is 0 Å². The Balaban J connectivity index is 1.49. The second kappa shape index (κ2) is 6.14. The zero-order chi connectivity index (χ0) is 19.4. The molecule has 4 heteroatoms. The summed E-state index contributed by atoms with van der Waals surface area (Å²) < 4.78 is 9.63. The molecule has 0 aliphatic rings. The molecule has 4 heterocycles. The fraction of sp³-hybridized carbons (Fsp3) is 0. The van der Waals surface area contributed by atoms with E-state index in [1.54, 1.807) is 36.3 Å². The van der Waals surface area contributed by atoms with E-state index in [1.807, 2.05) is 0 Å². The Labute approximate surface area is 195 Å². The normalized spacial score (nSPS) is 12.7. The van der Waals surface area contributed by atoms with Crippen LogP contribution in [-0.4, -0.2) is 58.0 Å². The predicted molar refractivity (Wildman–Crippen MR) is 137 cm³/mol. The average Bonchev–Trinajstić information content (AvgIpc) is 3.51. The molecule has 0 spiro atoms. The maximum atomic E-state index is 2.51. The summed E-state index contributed by atoms with van der Waals surface area (Å²) in [6.07, 6.45) is 0. The van der Waals surface area contributed by atoms with Gasteiger partial charge in [-0.15, -0.1) is 0 Å². The molecule has 8 rings (SSSR count). The van der Waals surface area contributed by atoms with Crippen LogP contribution in [0.5, 0.6) is 0 Å². The van der Waals surface area contributed by atoms with Gasteiger partial charge in [-0.05, 0) is 0 Å². The molecule has 0 unspecified atom stereocenters. The first kappa shape index (κ1) is 17.3. The molecule has 0 amide bonds. The molecule has 4 aromatic heterocycles. The standard InChI is InChI=1S/C26H12Se4/c1-3-27-21-9-17-11-23-19(7-15(17)5-13(1)21)25-26(29-23)20-8-16-6-14-2-4-28-22(14)10-18(16)12-24(20)30-25/h1-12H. The number of hydrogen-bond acceptors (Lipinski definition) is 0. The van der Waals surface area contributed by atoms with Crippen molar-refractivity contribution in [2.75, 3.05) is 0 Å². The van der Waals surface area contributed by atoms with Gasteiger partial charge in [0, 0.05) is 0 Å². The average molecular weight is 640 g/mol. The number of fused-ring (bicyclic) bond motifs is 9. The van der Waals surface area contributed by atoms with Crippen LogP contribution in [0.2, 0.25) is 0 Å². The van der Waals surface area contributed by atoms with Gasteiger partial charge >= 0.3 is 197 Å². The molecule has 0 saturated heterocycles. The number of rotatable bonds is 0. The molecule has 0 aliphatic carbocycles. The Bertz CT molecular complexity index is 1810. The molecular weight excluding hydrogens is 628 g/mol. The van der Waals surface area contributed by atoms with E-state index in [9.17, 15) is 0 Å². The van der Waals surface area contributed by atoms with Crippen molar-refractivity contribution in [1.82, 2.24) is 0 Å². The van der Waals surface area contributed by atoms with Gasteiger partial charge in [-0.2, -0.15) is 0 Å². The monoisotopic (exact) mass is 644 g/mol. The van der Waals surface area contributed by atoms with Crippen LogP contribution in [-0.2, 0) is 0 Å². The topological polar surface area (TPSA) is 0 Å². The summed E-state index contributed by atoms with van der Waals surface area (Å²) >= 11 is 1.91. The van der Waals surface area contributed by atoms with E-state index in [2.05, 4.69) is 70.5 Å². The minimum absolute atomic E-state index is 0.432. The summed E-state index contributed by atoms with van der Waals surface area (Å²) in [4.78, 5) is 4.70. The Morgan fingerprint density at radius 2 is 0.833 bits per heavy atom. The van der Waals surface area contributed by atoms with Gasteiger partial charge in [0.1, 0.15) is 0 Å². The Hall–Kier alpha value is -1.30. The Morgan fingerprint density at radius 3 is 1.33 bits per heavy atom. The molecule has 30 heavy (non-hydrogen) atoms. The van der Waals surface area contributed by atoms with Crippen LogP contribution in [0, 0.1) is 0 Å². The van der Waals surface area contributed by atoms with Crippen LogP contribution >= 0.6 is 0 Å². The zero-order valence-corrected chi connectivity index (χ0v) is 22.4. The molecule has 0 aliphatic heterocycles. The van der Waals surface area contributed by atoms with Crippen molar-refractivity contribution in [3.8, 4) is 0 Å². The Kier molecular flexibility index (Phi) is 3.54. The first-order chi connectivity index (χ1) is 14.8. The Morgan fingerprint density at radius 1 is 0.400 bits per heavy atom. The molecule has 0 N–H and O–H groups in total. The van der Waals surface area contributed by atoms with Crippen LogP contribution in [0.3, 0.4) is 0 Å². The molecule has 0 radical (unpaired) electrons. The maximum absolute atomic E-state index is 2.51. The second-order valence-electron chi connectivity index (χ2n) is 7.87. The van der Waals surface area contributed by atoms with Crippen molar-refractivity contribution in [1.29, 1.82) is 0 Å². The van der Waals surface area contributed by atoms with E-state index in [4.69, 9.17) is 0 Å². The number of hydrogen-bond donors (Lipinski definition) is 0. The van der Waals surface area contributed by atoms with Crippen LogP contribution in [0.25, 0.3) is 68.7 Å². The summed E-state index contributed by atoms with van der Waals surface area (Å²) in [5.41, 5.74) is 0. The fourth-order valence-corrected chi connectivity index (χ4v) is 14.5. The first-order valence-electron chi connectivity index (χ1n) is 9.81. The first-order valence-corrected chi connectivity index (χ1v) is 16.9. The summed E-state index contributed by atoms with van der Waals surface area (Å²) in [5, 5.41) is 11.7. The summed E-state index contributed by atoms with van der Waals surface area (Å²) in [7, 11) is 0. The SMILES string of the molecule is c1cc2cc3cc4c(cc3cc2[se]1)[se]c1c2cc3cc5cc[se]c5cc3cc2[se]c41. The van der Waals surface area contributed by atoms with Gasteiger partial charge in [-0.3, -0.25) is 0 Å². The third-order valence-corrected chi connectivity index (χ3v) is 15.5. The fourth-order valence-electron chi connectivity index (χ4n) is 4.67. The van der Waals surface area contributed by atoms with Crippen LogP contribution in [0.4, 0.5) is 0 Å². The van der Waals surface area contributed by atoms with Crippen molar-refractivity contribution in [3.63, 3.8) is 0 Å². The molecule has 8 aromatic rings. The molecule has 0 atom stereocenters. The van der Waals surface area contributed by atoms with E-state index in [0.29, 0.717) is 58.0 Å². The minimum atomic E-state index is 0.432. The quantitative estimate of drug-likeness (QED) is 0.179. The molecular formula is C26H12Se4. The summed E-state index contributed by atoms with van der Waals surface area (Å²) in [6.45, 7) is 0.